The molecule has 0 amide bonds. The summed E-state index contributed by atoms with van der Waals surface area (Å²) in [6.07, 6.45) is 2.04. The number of carbonyl (C=O) groups excluding carboxylic acids is 1. The molecule has 1 heterocycles. The van der Waals surface area contributed by atoms with Gasteiger partial charge in [0.25, 0.3) is 0 Å². The van der Waals surface area contributed by atoms with Crippen LogP contribution in [0.1, 0.15) is 18.9 Å². The molecule has 1 aliphatic heterocycles. The van der Waals surface area contributed by atoms with E-state index in [0.29, 0.717) is 24.3 Å². The summed E-state index contributed by atoms with van der Waals surface area (Å²) >= 11 is 0. The van der Waals surface area contributed by atoms with Crippen LogP contribution in [0.15, 0.2) is 36.9 Å². The fraction of sp³-hybridized carbons (Fsp3) is 0.412. The Morgan fingerprint density at radius 2 is 2.35 bits per heavy atom. The van der Waals surface area contributed by atoms with E-state index in [2.05, 4.69) is 6.58 Å². The van der Waals surface area contributed by atoms with E-state index in [1.54, 1.807) is 24.3 Å². The number of carbonyl (C=O) groups is 1. The molecule has 1 aromatic carbocycles. The third-order valence-corrected chi connectivity index (χ3v) is 3.83. The number of esters is 1. The first-order valence-corrected chi connectivity index (χ1v) is 7.67. The van der Waals surface area contributed by atoms with Crippen molar-refractivity contribution in [2.45, 2.75) is 25.5 Å². The lowest BCUT2D eigenvalue weighted by Gasteiger charge is -2.20. The van der Waals surface area contributed by atoms with Gasteiger partial charge in [-0.25, -0.2) is 0 Å². The zero-order chi connectivity index (χ0) is 16.8. The van der Waals surface area contributed by atoms with Crippen molar-refractivity contribution in [3.63, 3.8) is 0 Å². The van der Waals surface area contributed by atoms with Gasteiger partial charge in [-0.3, -0.25) is 15.1 Å². The lowest BCUT2D eigenvalue weighted by atomic mass is 10.2. The second-order valence-electron chi connectivity index (χ2n) is 5.44. The van der Waals surface area contributed by atoms with Crippen LogP contribution in [0.4, 0.5) is 0 Å². The molecule has 0 saturated carbocycles. The Morgan fingerprint density at radius 1 is 1.57 bits per heavy atom. The Morgan fingerprint density at radius 3 is 3.00 bits per heavy atom. The summed E-state index contributed by atoms with van der Waals surface area (Å²) in [5.74, 6) is 0.414. The zero-order valence-corrected chi connectivity index (χ0v) is 13.3. The van der Waals surface area contributed by atoms with Gasteiger partial charge in [0.2, 0.25) is 0 Å². The summed E-state index contributed by atoms with van der Waals surface area (Å²) in [6, 6.07) is 6.83. The minimum absolute atomic E-state index is 0.00272. The average molecular weight is 317 g/mol. The van der Waals surface area contributed by atoms with Crippen LogP contribution in [0.3, 0.4) is 0 Å². The van der Waals surface area contributed by atoms with Crippen molar-refractivity contribution in [3.05, 3.63) is 42.5 Å². The summed E-state index contributed by atoms with van der Waals surface area (Å²) in [5.41, 5.74) is 6.11. The molecule has 6 heteroatoms. The van der Waals surface area contributed by atoms with Gasteiger partial charge in [-0.05, 0) is 18.7 Å². The van der Waals surface area contributed by atoms with Crippen LogP contribution >= 0.6 is 0 Å². The Bertz CT molecular complexity index is 588. The Labute approximate surface area is 136 Å². The topological polar surface area (TPSA) is 88.6 Å². The van der Waals surface area contributed by atoms with E-state index in [-0.39, 0.29) is 30.6 Å². The number of hydrogen-bond acceptors (Lipinski definition) is 5. The largest absolute Gasteiger partial charge is 0.489 e. The molecule has 0 spiro atoms. The molecule has 0 aliphatic carbocycles. The van der Waals surface area contributed by atoms with Gasteiger partial charge in [0.15, 0.2) is 0 Å². The van der Waals surface area contributed by atoms with E-state index < -0.39 is 0 Å². The molecule has 1 fully saturated rings. The van der Waals surface area contributed by atoms with Crippen molar-refractivity contribution >= 4 is 11.8 Å². The number of likely N-dealkylation sites (tertiary alicyclic amines) is 1. The number of nitrogen functional groups attached to an aromatic ring is 1. The normalized spacial score (nSPS) is 20.9. The van der Waals surface area contributed by atoms with Crippen LogP contribution in [0, 0.1) is 5.41 Å². The second kappa shape index (κ2) is 7.78. The molecule has 1 aromatic rings. The number of rotatable bonds is 7. The summed E-state index contributed by atoms with van der Waals surface area (Å²) in [6.45, 7) is 7.19. The van der Waals surface area contributed by atoms with Crippen molar-refractivity contribution in [3.8, 4) is 5.75 Å². The number of nitrogens with one attached hydrogen (secondary N) is 1. The maximum atomic E-state index is 12.1. The monoisotopic (exact) mass is 317 g/mol. The molecular weight excluding hydrogens is 294 g/mol. The van der Waals surface area contributed by atoms with Crippen LogP contribution in [0.25, 0.3) is 0 Å². The summed E-state index contributed by atoms with van der Waals surface area (Å²) < 4.78 is 11.1. The van der Waals surface area contributed by atoms with E-state index in [1.165, 1.54) is 0 Å². The smallest absolute Gasteiger partial charge is 0.323 e. The molecule has 0 unspecified atom stereocenters. The van der Waals surface area contributed by atoms with E-state index in [1.807, 2.05) is 17.9 Å². The van der Waals surface area contributed by atoms with Gasteiger partial charge in [0, 0.05) is 18.5 Å². The number of benzene rings is 1. The van der Waals surface area contributed by atoms with Gasteiger partial charge in [-0.1, -0.05) is 31.7 Å². The summed E-state index contributed by atoms with van der Waals surface area (Å²) in [4.78, 5) is 14.1. The van der Waals surface area contributed by atoms with Gasteiger partial charge in [0.05, 0.1) is 0 Å². The number of nitrogens with two attached hydrogens (primary N) is 1. The van der Waals surface area contributed by atoms with Crippen molar-refractivity contribution < 1.29 is 14.3 Å². The van der Waals surface area contributed by atoms with Crippen LogP contribution < -0.4 is 10.5 Å². The SMILES string of the molecule is C=CCOC(=O)[C@@H]1C[C@@H](Oc2cccc(C(=N)N)c2)CN1CC. The van der Waals surface area contributed by atoms with Crippen molar-refractivity contribution in [2.24, 2.45) is 5.73 Å². The van der Waals surface area contributed by atoms with Crippen LogP contribution in [0.2, 0.25) is 0 Å². The maximum Gasteiger partial charge on any atom is 0.323 e. The molecule has 3 N–H and O–H groups in total. The van der Waals surface area contributed by atoms with Crippen LogP contribution in [0.5, 0.6) is 5.75 Å². The van der Waals surface area contributed by atoms with E-state index in [9.17, 15) is 4.79 Å². The third-order valence-electron chi connectivity index (χ3n) is 3.83. The van der Waals surface area contributed by atoms with Gasteiger partial charge in [-0.15, -0.1) is 0 Å². The summed E-state index contributed by atoms with van der Waals surface area (Å²) in [5, 5.41) is 7.48. The molecule has 23 heavy (non-hydrogen) atoms. The quantitative estimate of drug-likeness (QED) is 0.345. The van der Waals surface area contributed by atoms with E-state index >= 15 is 0 Å². The predicted octanol–water partition coefficient (Wildman–Crippen LogP) is 1.54. The fourth-order valence-corrected chi connectivity index (χ4v) is 2.71. The second-order valence-corrected chi connectivity index (χ2v) is 5.44. The Balaban J connectivity index is 2.02. The highest BCUT2D eigenvalue weighted by atomic mass is 16.5. The molecule has 0 aromatic heterocycles. The van der Waals surface area contributed by atoms with Crippen LogP contribution in [-0.2, 0) is 9.53 Å². The maximum absolute atomic E-state index is 12.1. The average Bonchev–Trinajstić information content (AvgIpc) is 2.95. The third kappa shape index (κ3) is 4.32. The molecule has 1 aliphatic rings. The molecule has 2 atom stereocenters. The minimum atomic E-state index is -0.291. The van der Waals surface area contributed by atoms with Crippen molar-refractivity contribution in [2.75, 3.05) is 19.7 Å². The van der Waals surface area contributed by atoms with E-state index in [4.69, 9.17) is 20.6 Å². The molecular formula is C17H23N3O3. The van der Waals surface area contributed by atoms with Gasteiger partial charge in [0.1, 0.15) is 30.3 Å². The lowest BCUT2D eigenvalue weighted by molar-refractivity contribution is -0.147. The highest BCUT2D eigenvalue weighted by Crippen LogP contribution is 2.24. The molecule has 1 saturated heterocycles. The number of likely N-dealkylation sites (N-methyl/N-ethyl adjacent to an activating group) is 1. The molecule has 6 nitrogen and oxygen atoms in total. The Kier molecular flexibility index (Phi) is 5.76. The first kappa shape index (κ1) is 17.0. The number of amidine groups is 1. The first-order valence-electron chi connectivity index (χ1n) is 7.67. The molecule has 2 rings (SSSR count). The van der Waals surface area contributed by atoms with Crippen LogP contribution in [-0.4, -0.2) is 48.5 Å². The molecule has 0 radical (unpaired) electrons. The van der Waals surface area contributed by atoms with Gasteiger partial charge in [-0.2, -0.15) is 0 Å². The van der Waals surface area contributed by atoms with Crippen molar-refractivity contribution in [1.82, 2.24) is 4.90 Å². The minimum Gasteiger partial charge on any atom is -0.489 e. The zero-order valence-electron chi connectivity index (χ0n) is 13.3. The first-order chi connectivity index (χ1) is 11.0. The van der Waals surface area contributed by atoms with Gasteiger partial charge < -0.3 is 15.2 Å². The standard InChI is InChI=1S/C17H23N3O3/c1-3-8-22-17(21)15-10-14(11-20(15)4-2)23-13-7-5-6-12(9-13)16(18)19/h3,5-7,9,14-15H,1,4,8,10-11H2,2H3,(H3,18,19)/t14-,15+/m1/s1. The number of ether oxygens (including phenoxy) is 2. The fourth-order valence-electron chi connectivity index (χ4n) is 2.71. The number of nitrogens with zero attached hydrogens (tertiary/aromatic N) is 1. The van der Waals surface area contributed by atoms with E-state index in [0.717, 1.165) is 6.54 Å². The summed E-state index contributed by atoms with van der Waals surface area (Å²) in [7, 11) is 0. The predicted molar refractivity (Wildman–Crippen MR) is 88.7 cm³/mol. The Hall–Kier alpha value is -2.34. The molecule has 0 bridgehead atoms. The number of hydrogen-bond donors (Lipinski definition) is 2. The lowest BCUT2D eigenvalue weighted by Crippen LogP contribution is -2.37. The van der Waals surface area contributed by atoms with Crippen molar-refractivity contribution in [1.29, 1.82) is 5.41 Å². The van der Waals surface area contributed by atoms with Gasteiger partial charge >= 0.3 is 5.97 Å². The molecule has 124 valence electrons. The highest BCUT2D eigenvalue weighted by Gasteiger charge is 2.38. The highest BCUT2D eigenvalue weighted by molar-refractivity contribution is 5.95.